The molecule has 0 aliphatic rings. The lowest BCUT2D eigenvalue weighted by molar-refractivity contribution is -0.0987. The van der Waals surface area contributed by atoms with E-state index >= 15 is 0 Å². The molecular formula is C50H56N2O16. The van der Waals surface area contributed by atoms with Crippen LogP contribution in [-0.2, 0) is 19.2 Å². The zero-order valence-electron chi connectivity index (χ0n) is 39.6. The van der Waals surface area contributed by atoms with E-state index in [9.17, 15) is 0 Å². The van der Waals surface area contributed by atoms with Crippen molar-refractivity contribution in [2.75, 3.05) is 81.7 Å². The van der Waals surface area contributed by atoms with Gasteiger partial charge in [-0.3, -0.25) is 0 Å². The predicted molar refractivity (Wildman–Crippen MR) is 258 cm³/mol. The average molecular weight is 941 g/mol. The van der Waals surface area contributed by atoms with Crippen LogP contribution in [-0.4, -0.2) is 98.3 Å². The van der Waals surface area contributed by atoms with E-state index in [0.717, 1.165) is 33.9 Å². The number of methoxy groups -OCH3 is 10. The first-order chi connectivity index (χ1) is 33.2. The van der Waals surface area contributed by atoms with E-state index < -0.39 is 0 Å². The highest BCUT2D eigenvalue weighted by Crippen LogP contribution is 2.46. The van der Waals surface area contributed by atoms with Crippen molar-refractivity contribution in [3.05, 3.63) is 97.1 Å². The van der Waals surface area contributed by atoms with Gasteiger partial charge in [0.05, 0.1) is 82.5 Å². The normalized spacial score (nSPS) is 9.50. The maximum atomic E-state index is 8.00. The molecule has 0 aromatic heterocycles. The summed E-state index contributed by atoms with van der Waals surface area (Å²) in [6.45, 7) is 8.00. The molecule has 0 saturated carbocycles. The highest BCUT2D eigenvalue weighted by atomic mass is 16.6. The second kappa shape index (κ2) is 28.9. The molecule has 18 nitrogen and oxygen atoms in total. The minimum Gasteiger partial charge on any atom is -0.495 e. The van der Waals surface area contributed by atoms with Crippen LogP contribution < -0.4 is 67.5 Å². The van der Waals surface area contributed by atoms with Gasteiger partial charge >= 0.3 is 0 Å². The van der Waals surface area contributed by atoms with Crippen LogP contribution in [0.25, 0.3) is 11.1 Å². The van der Waals surface area contributed by atoms with Crippen molar-refractivity contribution < 1.29 is 76.0 Å². The largest absolute Gasteiger partial charge is 0.495 e. The Kier molecular flexibility index (Phi) is 23.5. The molecule has 0 atom stereocenters. The van der Waals surface area contributed by atoms with Gasteiger partial charge in [0, 0.05) is 47.8 Å². The topological polar surface area (TPSA) is 203 Å². The number of ether oxygens (including phenoxy) is 12. The van der Waals surface area contributed by atoms with Crippen LogP contribution in [0.5, 0.6) is 80.5 Å². The highest BCUT2D eigenvalue weighted by molar-refractivity contribution is 5.79. The summed E-state index contributed by atoms with van der Waals surface area (Å²) in [6.07, 6.45) is 0. The Morgan fingerprint density at radius 3 is 0.794 bits per heavy atom. The van der Waals surface area contributed by atoms with E-state index in [2.05, 4.69) is 10.6 Å². The molecule has 68 heavy (non-hydrogen) atoms. The molecule has 6 rings (SSSR count). The number of carbonyl (C=O) groups is 4. The number of benzene rings is 6. The van der Waals surface area contributed by atoms with Gasteiger partial charge in [0.15, 0.2) is 69.0 Å². The number of rotatable bonds is 19. The Morgan fingerprint density at radius 1 is 0.265 bits per heavy atom. The molecule has 0 bridgehead atoms. The molecule has 6 aromatic rings. The van der Waals surface area contributed by atoms with Gasteiger partial charge in [-0.1, -0.05) is 12.1 Å². The molecule has 18 heteroatoms. The van der Waals surface area contributed by atoms with Crippen LogP contribution in [0, 0.1) is 0 Å². The van der Waals surface area contributed by atoms with Crippen molar-refractivity contribution in [1.82, 2.24) is 0 Å². The van der Waals surface area contributed by atoms with Crippen LogP contribution in [0.4, 0.5) is 22.7 Å². The maximum absolute atomic E-state index is 8.00. The molecule has 2 N–H and O–H groups in total. The summed E-state index contributed by atoms with van der Waals surface area (Å²) in [6, 6.07) is 29.6. The maximum Gasteiger partial charge on any atom is 0.173 e. The van der Waals surface area contributed by atoms with Crippen molar-refractivity contribution in [3.8, 4) is 91.6 Å². The molecule has 6 aromatic carbocycles. The molecule has 0 fully saturated rings. The molecule has 0 saturated heterocycles. The Labute approximate surface area is 395 Å². The Morgan fingerprint density at radius 2 is 0.515 bits per heavy atom. The van der Waals surface area contributed by atoms with Crippen molar-refractivity contribution in [2.45, 2.75) is 0 Å². The predicted octanol–water partition coefficient (Wildman–Crippen LogP) is 9.77. The van der Waals surface area contributed by atoms with Crippen molar-refractivity contribution in [2.24, 2.45) is 0 Å². The summed E-state index contributed by atoms with van der Waals surface area (Å²) < 4.78 is 68.3. The summed E-state index contributed by atoms with van der Waals surface area (Å²) in [5, 5.41) is 6.86. The quantitative estimate of drug-likeness (QED) is 0.0776. The van der Waals surface area contributed by atoms with Crippen molar-refractivity contribution >= 4 is 49.9 Å². The number of hydrogen-bond acceptors (Lipinski definition) is 18. The molecule has 0 aliphatic carbocycles. The van der Waals surface area contributed by atoms with Gasteiger partial charge in [0.1, 0.15) is 38.7 Å². The molecular weight excluding hydrogens is 885 g/mol. The van der Waals surface area contributed by atoms with Gasteiger partial charge in [-0.15, -0.1) is 0 Å². The number of nitrogens with one attached hydrogen (secondary N) is 2. The fourth-order valence-electron chi connectivity index (χ4n) is 6.32. The first kappa shape index (κ1) is 55.3. The Bertz CT molecular complexity index is 2340. The monoisotopic (exact) mass is 940 g/mol. The lowest BCUT2D eigenvalue weighted by Crippen LogP contribution is -1.99. The molecule has 0 amide bonds. The molecule has 362 valence electrons. The van der Waals surface area contributed by atoms with Crippen LogP contribution in [0.1, 0.15) is 0 Å². The van der Waals surface area contributed by atoms with Crippen LogP contribution >= 0.6 is 0 Å². The van der Waals surface area contributed by atoms with E-state index in [0.29, 0.717) is 80.5 Å². The van der Waals surface area contributed by atoms with E-state index in [1.54, 1.807) is 107 Å². The van der Waals surface area contributed by atoms with Crippen molar-refractivity contribution in [3.63, 3.8) is 0 Å². The molecule has 0 radical (unpaired) electrons. The van der Waals surface area contributed by atoms with Crippen molar-refractivity contribution in [1.29, 1.82) is 0 Å². The third-order valence-electron chi connectivity index (χ3n) is 9.40. The van der Waals surface area contributed by atoms with Gasteiger partial charge in [-0.2, -0.15) is 0 Å². The van der Waals surface area contributed by atoms with Gasteiger partial charge in [0.2, 0.25) is 0 Å². The lowest BCUT2D eigenvalue weighted by atomic mass is 10.0. The minimum atomic E-state index is 0.432. The second-order valence-electron chi connectivity index (χ2n) is 12.7. The summed E-state index contributed by atoms with van der Waals surface area (Å²) in [5.41, 5.74) is 4.82. The van der Waals surface area contributed by atoms with Crippen LogP contribution in [0.15, 0.2) is 97.1 Å². The summed E-state index contributed by atoms with van der Waals surface area (Å²) in [5.74, 6) is 7.01. The lowest BCUT2D eigenvalue weighted by Gasteiger charge is -2.18. The standard InChI is InChI=1S/C46H48N2O12.4CH2O/c1-49-35-19-27(11-15-31(35)47-29-13-17-33(37(21-29)51-3)59-45-25-41(55-7)39(53-5)23-43(45)57-9)28-12-16-32(36(20-28)50-2)48-30-14-18-34(38(22-30)52-4)60-46-26-42(56-8)40(54-6)24-44(46)58-10;4*1-2/h11-26,47-48H,1-10H3;4*1H2. The molecule has 0 spiro atoms. The summed E-state index contributed by atoms with van der Waals surface area (Å²) >= 11 is 0. The Hall–Kier alpha value is -8.80. The first-order valence-corrected chi connectivity index (χ1v) is 19.6. The second-order valence-corrected chi connectivity index (χ2v) is 12.7. The summed E-state index contributed by atoms with van der Waals surface area (Å²) in [7, 11) is 15.7. The average Bonchev–Trinajstić information content (AvgIpc) is 3.41. The van der Waals surface area contributed by atoms with Crippen LogP contribution in [0.2, 0.25) is 0 Å². The van der Waals surface area contributed by atoms with E-state index in [-0.39, 0.29) is 0 Å². The highest BCUT2D eigenvalue weighted by Gasteiger charge is 2.19. The zero-order chi connectivity index (χ0) is 50.8. The zero-order valence-corrected chi connectivity index (χ0v) is 39.6. The third-order valence-corrected chi connectivity index (χ3v) is 9.40. The molecule has 0 heterocycles. The van der Waals surface area contributed by atoms with Gasteiger partial charge < -0.3 is 86.7 Å². The van der Waals surface area contributed by atoms with Gasteiger partial charge in [-0.05, 0) is 59.7 Å². The smallest absolute Gasteiger partial charge is 0.173 e. The third kappa shape index (κ3) is 13.6. The fourth-order valence-corrected chi connectivity index (χ4v) is 6.32. The minimum absolute atomic E-state index is 0.432. The number of hydrogen-bond donors (Lipinski definition) is 2. The fraction of sp³-hybridized carbons (Fsp3) is 0.200. The summed E-state index contributed by atoms with van der Waals surface area (Å²) in [4.78, 5) is 32.0. The first-order valence-electron chi connectivity index (χ1n) is 19.6. The number of anilines is 4. The van der Waals surface area contributed by atoms with Crippen LogP contribution in [0.3, 0.4) is 0 Å². The molecule has 0 unspecified atom stereocenters. The van der Waals surface area contributed by atoms with Gasteiger partial charge in [0.25, 0.3) is 0 Å². The van der Waals surface area contributed by atoms with Gasteiger partial charge in [-0.25, -0.2) is 0 Å². The number of carbonyl (C=O) groups excluding carboxylic acids is 4. The SMILES string of the molecule is C=O.C=O.C=O.C=O.COc1cc(-c2ccc(Nc3ccc(Oc4cc(OC)c(OC)cc4OC)c(OC)c3)c(OC)c2)ccc1Nc1ccc(Oc2cc(OC)c(OC)cc2OC)c(OC)c1. The van der Waals surface area contributed by atoms with E-state index in [1.807, 2.05) is 87.8 Å². The van der Waals surface area contributed by atoms with E-state index in [4.69, 9.17) is 76.0 Å². The van der Waals surface area contributed by atoms with E-state index in [1.165, 1.54) is 0 Å². The Balaban J connectivity index is 0.00000188. The molecule has 0 aliphatic heterocycles.